The van der Waals surface area contributed by atoms with E-state index in [-0.39, 0.29) is 11.5 Å². The molecule has 0 saturated heterocycles. The second-order valence-corrected chi connectivity index (χ2v) is 6.98. The number of phenols is 1. The van der Waals surface area contributed by atoms with E-state index in [1.807, 2.05) is 12.1 Å². The molecule has 2 rings (SSSR count). The Labute approximate surface area is 151 Å². The third kappa shape index (κ3) is 3.51. The van der Waals surface area contributed by atoms with Gasteiger partial charge in [-0.3, -0.25) is 0 Å². The Kier molecular flexibility index (Phi) is 5.29. The fourth-order valence-corrected chi connectivity index (χ4v) is 3.73. The summed E-state index contributed by atoms with van der Waals surface area (Å²) in [5, 5.41) is 9.62. The first-order valence-corrected chi connectivity index (χ1v) is 8.38. The lowest BCUT2D eigenvalue weighted by Gasteiger charge is -2.10. The Morgan fingerprint density at radius 1 is 1.00 bits per heavy atom. The number of hydrogen-bond donors (Lipinski definition) is 1. The number of carbonyl (C=O) groups is 1. The Morgan fingerprint density at radius 3 is 2.32 bits per heavy atom. The molecule has 0 unspecified atom stereocenters. The van der Waals surface area contributed by atoms with E-state index in [0.717, 1.165) is 10.7 Å². The van der Waals surface area contributed by atoms with Crippen molar-refractivity contribution in [2.24, 2.45) is 0 Å². The summed E-state index contributed by atoms with van der Waals surface area (Å²) in [4.78, 5) is 12.2. The first-order chi connectivity index (χ1) is 9.00. The van der Waals surface area contributed by atoms with Gasteiger partial charge in [0.15, 0.2) is 11.5 Å². The van der Waals surface area contributed by atoms with E-state index in [1.165, 1.54) is 6.07 Å². The summed E-state index contributed by atoms with van der Waals surface area (Å²) in [6.45, 7) is 0. The predicted octanol–water partition coefficient (Wildman–Crippen LogP) is 4.43. The molecule has 0 fully saturated rings. The fourth-order valence-electron chi connectivity index (χ4n) is 1.41. The van der Waals surface area contributed by atoms with Crippen molar-refractivity contribution in [1.82, 2.24) is 0 Å². The van der Waals surface area contributed by atoms with Gasteiger partial charge in [0, 0.05) is 10.7 Å². The van der Waals surface area contributed by atoms with Crippen molar-refractivity contribution in [2.75, 3.05) is 0 Å². The largest absolute Gasteiger partial charge is 0.504 e. The normalized spacial score (nSPS) is 10.3. The lowest BCUT2D eigenvalue weighted by molar-refractivity contribution is 0.0727. The SMILES string of the molecule is O=C(Oc1ccccc1O)c1c(I)ccc(I)c1I. The predicted molar refractivity (Wildman–Crippen MR) is 97.7 cm³/mol. The number of halogens is 3. The molecule has 0 aliphatic rings. The van der Waals surface area contributed by atoms with Crippen LogP contribution in [0.3, 0.4) is 0 Å². The van der Waals surface area contributed by atoms with Gasteiger partial charge in [-0.15, -0.1) is 0 Å². The minimum Gasteiger partial charge on any atom is -0.504 e. The highest BCUT2D eigenvalue weighted by Crippen LogP contribution is 2.29. The smallest absolute Gasteiger partial charge is 0.345 e. The van der Waals surface area contributed by atoms with Crippen LogP contribution in [-0.4, -0.2) is 11.1 Å². The number of para-hydroxylation sites is 2. The van der Waals surface area contributed by atoms with Gasteiger partial charge in [-0.2, -0.15) is 0 Å². The van der Waals surface area contributed by atoms with Crippen LogP contribution in [0, 0.1) is 10.7 Å². The number of esters is 1. The second-order valence-electron chi connectivity index (χ2n) is 3.58. The summed E-state index contributed by atoms with van der Waals surface area (Å²) >= 11 is 6.39. The van der Waals surface area contributed by atoms with Crippen molar-refractivity contribution in [2.45, 2.75) is 0 Å². The van der Waals surface area contributed by atoms with Crippen molar-refractivity contribution in [3.05, 3.63) is 52.7 Å². The summed E-state index contributed by atoms with van der Waals surface area (Å²) in [6, 6.07) is 10.2. The molecular formula is C13H7I3O3. The molecule has 0 amide bonds. The van der Waals surface area contributed by atoms with Crippen LogP contribution in [-0.2, 0) is 0 Å². The minimum absolute atomic E-state index is 0.0495. The highest BCUT2D eigenvalue weighted by molar-refractivity contribution is 14.1. The maximum atomic E-state index is 12.2. The standard InChI is InChI=1S/C13H7I3O3/c14-7-5-6-8(15)12(16)11(7)13(18)19-10-4-2-1-3-9(10)17/h1-6,17H. The van der Waals surface area contributed by atoms with Crippen molar-refractivity contribution < 1.29 is 14.6 Å². The van der Waals surface area contributed by atoms with Gasteiger partial charge in [-0.05, 0) is 92.0 Å². The maximum absolute atomic E-state index is 12.2. The average Bonchev–Trinajstić information content (AvgIpc) is 2.37. The monoisotopic (exact) mass is 592 g/mol. The number of phenolic OH excluding ortho intramolecular Hbond substituents is 1. The van der Waals surface area contributed by atoms with Crippen LogP contribution in [0.1, 0.15) is 10.4 Å². The zero-order valence-electron chi connectivity index (χ0n) is 9.36. The Hall–Kier alpha value is -0.1000. The maximum Gasteiger partial charge on any atom is 0.345 e. The van der Waals surface area contributed by atoms with Crippen LogP contribution < -0.4 is 4.74 Å². The molecule has 6 heteroatoms. The molecule has 19 heavy (non-hydrogen) atoms. The fraction of sp³-hybridized carbons (Fsp3) is 0. The van der Waals surface area contributed by atoms with Crippen LogP contribution in [0.5, 0.6) is 11.5 Å². The number of rotatable bonds is 2. The van der Waals surface area contributed by atoms with E-state index >= 15 is 0 Å². The molecule has 0 radical (unpaired) electrons. The Morgan fingerprint density at radius 2 is 1.63 bits per heavy atom. The van der Waals surface area contributed by atoms with Gasteiger partial charge in [0.25, 0.3) is 0 Å². The third-order valence-electron chi connectivity index (χ3n) is 2.32. The molecule has 3 nitrogen and oxygen atoms in total. The van der Waals surface area contributed by atoms with Crippen LogP contribution in [0.2, 0.25) is 0 Å². The number of hydrogen-bond acceptors (Lipinski definition) is 3. The van der Waals surface area contributed by atoms with E-state index in [4.69, 9.17) is 4.74 Å². The van der Waals surface area contributed by atoms with Crippen LogP contribution in [0.25, 0.3) is 0 Å². The first-order valence-electron chi connectivity index (χ1n) is 5.14. The molecule has 2 aromatic carbocycles. The van der Waals surface area contributed by atoms with Gasteiger partial charge in [0.2, 0.25) is 0 Å². The molecule has 0 saturated carbocycles. The van der Waals surface area contributed by atoms with E-state index in [0.29, 0.717) is 5.56 Å². The van der Waals surface area contributed by atoms with Gasteiger partial charge in [0.05, 0.1) is 5.56 Å². The van der Waals surface area contributed by atoms with E-state index in [1.54, 1.807) is 18.2 Å². The van der Waals surface area contributed by atoms with E-state index in [9.17, 15) is 9.90 Å². The lowest BCUT2D eigenvalue weighted by atomic mass is 10.2. The van der Waals surface area contributed by atoms with Crippen molar-refractivity contribution >= 4 is 73.7 Å². The van der Waals surface area contributed by atoms with E-state index < -0.39 is 5.97 Å². The summed E-state index contributed by atoms with van der Waals surface area (Å²) in [7, 11) is 0. The summed E-state index contributed by atoms with van der Waals surface area (Å²) in [5.41, 5.74) is 0.524. The van der Waals surface area contributed by atoms with Crippen molar-refractivity contribution in [3.8, 4) is 11.5 Å². The van der Waals surface area contributed by atoms with Gasteiger partial charge >= 0.3 is 5.97 Å². The summed E-state index contributed by atoms with van der Waals surface area (Å²) in [6.07, 6.45) is 0. The molecule has 0 atom stereocenters. The number of benzene rings is 2. The summed E-state index contributed by atoms with van der Waals surface area (Å²) in [5.74, 6) is -0.349. The molecule has 2 aromatic rings. The van der Waals surface area contributed by atoms with Crippen LogP contribution in [0.15, 0.2) is 36.4 Å². The zero-order valence-corrected chi connectivity index (χ0v) is 15.8. The Bertz CT molecular complexity index is 641. The lowest BCUT2D eigenvalue weighted by Crippen LogP contribution is -2.13. The first kappa shape index (κ1) is 15.3. The van der Waals surface area contributed by atoms with Crippen molar-refractivity contribution in [3.63, 3.8) is 0 Å². The molecule has 0 aliphatic carbocycles. The molecule has 98 valence electrons. The highest BCUT2D eigenvalue weighted by Gasteiger charge is 2.19. The molecule has 0 aromatic heterocycles. The minimum atomic E-state index is -0.464. The zero-order chi connectivity index (χ0) is 14.0. The molecule has 1 N–H and O–H groups in total. The van der Waals surface area contributed by atoms with E-state index in [2.05, 4.69) is 67.8 Å². The van der Waals surface area contributed by atoms with Crippen molar-refractivity contribution in [1.29, 1.82) is 0 Å². The van der Waals surface area contributed by atoms with Crippen LogP contribution >= 0.6 is 67.8 Å². The highest BCUT2D eigenvalue weighted by atomic mass is 127. The van der Waals surface area contributed by atoms with Gasteiger partial charge in [-0.1, -0.05) is 12.1 Å². The van der Waals surface area contributed by atoms with Crippen LogP contribution in [0.4, 0.5) is 0 Å². The van der Waals surface area contributed by atoms with Gasteiger partial charge in [0.1, 0.15) is 0 Å². The van der Waals surface area contributed by atoms with Gasteiger partial charge in [-0.25, -0.2) is 4.79 Å². The second kappa shape index (κ2) is 6.57. The molecule has 0 heterocycles. The molecule has 0 bridgehead atoms. The topological polar surface area (TPSA) is 46.5 Å². The number of carbonyl (C=O) groups excluding carboxylic acids is 1. The molecular weight excluding hydrogens is 585 g/mol. The number of aromatic hydroxyl groups is 1. The number of ether oxygens (including phenoxy) is 1. The molecule has 0 aliphatic heterocycles. The Balaban J connectivity index is 2.36. The average molecular weight is 592 g/mol. The summed E-state index contributed by atoms with van der Waals surface area (Å²) < 4.78 is 7.91. The quantitative estimate of drug-likeness (QED) is 0.243. The van der Waals surface area contributed by atoms with Gasteiger partial charge < -0.3 is 9.84 Å². The molecule has 0 spiro atoms. The third-order valence-corrected chi connectivity index (χ3v) is 6.27.